The third kappa shape index (κ3) is 3.92. The average Bonchev–Trinajstić information content (AvgIpc) is 2.93. The summed E-state index contributed by atoms with van der Waals surface area (Å²) in [6, 6.07) is 8.61. The summed E-state index contributed by atoms with van der Waals surface area (Å²) in [5.41, 5.74) is 2.45. The Labute approximate surface area is 120 Å². The van der Waals surface area contributed by atoms with Gasteiger partial charge in [-0.15, -0.1) is 0 Å². The molecule has 0 radical (unpaired) electrons. The maximum absolute atomic E-state index is 5.01. The van der Waals surface area contributed by atoms with Crippen LogP contribution in [0.15, 0.2) is 36.7 Å². The predicted molar refractivity (Wildman–Crippen MR) is 81.1 cm³/mol. The Morgan fingerprint density at radius 2 is 2.05 bits per heavy atom. The van der Waals surface area contributed by atoms with Crippen LogP contribution in [-0.2, 0) is 17.7 Å². The SMILES string of the molecule is CCCc1nccn1-c1ccc(CNCCOC)cc1. The first-order chi connectivity index (χ1) is 9.85. The largest absolute Gasteiger partial charge is 0.383 e. The molecule has 1 N–H and O–H groups in total. The Balaban J connectivity index is 1.98. The molecule has 0 aliphatic heterocycles. The van der Waals surface area contributed by atoms with Crippen molar-refractivity contribution in [3.05, 3.63) is 48.0 Å². The van der Waals surface area contributed by atoms with Crippen LogP contribution in [0.2, 0.25) is 0 Å². The number of imidazole rings is 1. The van der Waals surface area contributed by atoms with E-state index in [0.29, 0.717) is 0 Å². The monoisotopic (exact) mass is 273 g/mol. The number of hydrogen-bond donors (Lipinski definition) is 1. The zero-order chi connectivity index (χ0) is 14.2. The van der Waals surface area contributed by atoms with Gasteiger partial charge >= 0.3 is 0 Å². The maximum atomic E-state index is 5.01. The second-order valence-electron chi connectivity index (χ2n) is 4.80. The summed E-state index contributed by atoms with van der Waals surface area (Å²) in [7, 11) is 1.72. The van der Waals surface area contributed by atoms with Gasteiger partial charge in [0, 0.05) is 44.7 Å². The van der Waals surface area contributed by atoms with E-state index in [1.54, 1.807) is 7.11 Å². The molecule has 4 nitrogen and oxygen atoms in total. The molecule has 0 saturated heterocycles. The first-order valence-electron chi connectivity index (χ1n) is 7.16. The number of benzene rings is 1. The lowest BCUT2D eigenvalue weighted by atomic mass is 10.2. The van der Waals surface area contributed by atoms with Gasteiger partial charge in [0.05, 0.1) is 6.61 Å². The minimum atomic E-state index is 0.744. The van der Waals surface area contributed by atoms with Crippen molar-refractivity contribution in [2.24, 2.45) is 0 Å². The molecule has 0 aliphatic carbocycles. The van der Waals surface area contributed by atoms with Crippen LogP contribution in [0.3, 0.4) is 0 Å². The number of ether oxygens (including phenoxy) is 1. The summed E-state index contributed by atoms with van der Waals surface area (Å²) in [6.07, 6.45) is 6.01. The van der Waals surface area contributed by atoms with Gasteiger partial charge in [-0.3, -0.25) is 0 Å². The predicted octanol–water partition coefficient (Wildman–Crippen LogP) is 2.56. The van der Waals surface area contributed by atoms with Crippen molar-refractivity contribution in [1.82, 2.24) is 14.9 Å². The molecule has 0 spiro atoms. The van der Waals surface area contributed by atoms with Crippen molar-refractivity contribution in [2.75, 3.05) is 20.3 Å². The number of nitrogens with one attached hydrogen (secondary N) is 1. The van der Waals surface area contributed by atoms with Crippen LogP contribution in [0.25, 0.3) is 5.69 Å². The molecular formula is C16H23N3O. The van der Waals surface area contributed by atoms with Gasteiger partial charge in [0.1, 0.15) is 5.82 Å². The summed E-state index contributed by atoms with van der Waals surface area (Å²) in [4.78, 5) is 4.41. The molecular weight excluding hydrogens is 250 g/mol. The lowest BCUT2D eigenvalue weighted by Gasteiger charge is -2.09. The lowest BCUT2D eigenvalue weighted by molar-refractivity contribution is 0.199. The van der Waals surface area contributed by atoms with Gasteiger partial charge in [-0.25, -0.2) is 4.98 Å². The fourth-order valence-electron chi connectivity index (χ4n) is 2.16. The molecule has 1 heterocycles. The Bertz CT molecular complexity index is 505. The number of rotatable bonds is 8. The van der Waals surface area contributed by atoms with Gasteiger partial charge in [0.25, 0.3) is 0 Å². The summed E-state index contributed by atoms with van der Waals surface area (Å²) >= 11 is 0. The quantitative estimate of drug-likeness (QED) is 0.751. The molecule has 1 aromatic carbocycles. The van der Waals surface area contributed by atoms with E-state index in [9.17, 15) is 0 Å². The van der Waals surface area contributed by atoms with Crippen LogP contribution in [-0.4, -0.2) is 29.8 Å². The molecule has 0 saturated carbocycles. The lowest BCUT2D eigenvalue weighted by Crippen LogP contribution is -2.18. The van der Waals surface area contributed by atoms with Crippen LogP contribution in [0.1, 0.15) is 24.7 Å². The van der Waals surface area contributed by atoms with Crippen LogP contribution >= 0.6 is 0 Å². The summed E-state index contributed by atoms with van der Waals surface area (Å²) in [6.45, 7) is 4.66. The van der Waals surface area contributed by atoms with Crippen LogP contribution < -0.4 is 5.32 Å². The molecule has 0 bridgehead atoms. The molecule has 2 aromatic rings. The first-order valence-corrected chi connectivity index (χ1v) is 7.16. The van der Waals surface area contributed by atoms with E-state index in [-0.39, 0.29) is 0 Å². The highest BCUT2D eigenvalue weighted by atomic mass is 16.5. The Morgan fingerprint density at radius 3 is 2.75 bits per heavy atom. The molecule has 0 atom stereocenters. The summed E-state index contributed by atoms with van der Waals surface area (Å²) in [5.74, 6) is 1.12. The van der Waals surface area contributed by atoms with E-state index in [2.05, 4.69) is 46.1 Å². The topological polar surface area (TPSA) is 39.1 Å². The molecule has 20 heavy (non-hydrogen) atoms. The summed E-state index contributed by atoms with van der Waals surface area (Å²) < 4.78 is 7.17. The second-order valence-corrected chi connectivity index (χ2v) is 4.80. The molecule has 1 aromatic heterocycles. The van der Waals surface area contributed by atoms with Gasteiger partial charge < -0.3 is 14.6 Å². The number of aromatic nitrogens is 2. The van der Waals surface area contributed by atoms with E-state index in [1.807, 2.05) is 12.4 Å². The van der Waals surface area contributed by atoms with Crippen molar-refractivity contribution in [1.29, 1.82) is 0 Å². The van der Waals surface area contributed by atoms with Gasteiger partial charge in [0.2, 0.25) is 0 Å². The normalized spacial score (nSPS) is 10.9. The fourth-order valence-corrected chi connectivity index (χ4v) is 2.16. The molecule has 108 valence electrons. The van der Waals surface area contributed by atoms with E-state index in [4.69, 9.17) is 4.74 Å². The Hall–Kier alpha value is -1.65. The van der Waals surface area contributed by atoms with Crippen molar-refractivity contribution >= 4 is 0 Å². The zero-order valence-corrected chi connectivity index (χ0v) is 12.3. The Morgan fingerprint density at radius 1 is 1.25 bits per heavy atom. The number of nitrogens with zero attached hydrogens (tertiary/aromatic N) is 2. The molecule has 4 heteroatoms. The van der Waals surface area contributed by atoms with Gasteiger partial charge in [-0.1, -0.05) is 19.1 Å². The first kappa shape index (κ1) is 14.8. The highest BCUT2D eigenvalue weighted by Crippen LogP contribution is 2.13. The minimum absolute atomic E-state index is 0.744. The van der Waals surface area contributed by atoms with E-state index in [0.717, 1.165) is 38.4 Å². The maximum Gasteiger partial charge on any atom is 0.113 e. The van der Waals surface area contributed by atoms with E-state index >= 15 is 0 Å². The molecule has 2 rings (SSSR count). The van der Waals surface area contributed by atoms with Gasteiger partial charge in [-0.05, 0) is 24.1 Å². The number of methoxy groups -OCH3 is 1. The van der Waals surface area contributed by atoms with Crippen molar-refractivity contribution < 1.29 is 4.74 Å². The molecule has 0 fully saturated rings. The number of hydrogen-bond acceptors (Lipinski definition) is 3. The number of aryl methyl sites for hydroxylation is 1. The summed E-state index contributed by atoms with van der Waals surface area (Å²) in [5, 5.41) is 3.34. The zero-order valence-electron chi connectivity index (χ0n) is 12.3. The standard InChI is InChI=1S/C16H23N3O/c1-3-4-16-18-9-11-19(16)15-7-5-14(6-8-15)13-17-10-12-20-2/h5-9,11,17H,3-4,10,12-13H2,1-2H3. The highest BCUT2D eigenvalue weighted by molar-refractivity contribution is 5.36. The van der Waals surface area contributed by atoms with Crippen molar-refractivity contribution in [3.63, 3.8) is 0 Å². The van der Waals surface area contributed by atoms with Crippen molar-refractivity contribution in [3.8, 4) is 5.69 Å². The molecule has 0 amide bonds. The second kappa shape index (κ2) is 7.82. The molecule has 0 unspecified atom stereocenters. The van der Waals surface area contributed by atoms with E-state index < -0.39 is 0 Å². The average molecular weight is 273 g/mol. The molecule has 0 aliphatic rings. The smallest absolute Gasteiger partial charge is 0.113 e. The van der Waals surface area contributed by atoms with Gasteiger partial charge in [0.15, 0.2) is 0 Å². The highest BCUT2D eigenvalue weighted by Gasteiger charge is 2.03. The van der Waals surface area contributed by atoms with Gasteiger partial charge in [-0.2, -0.15) is 0 Å². The van der Waals surface area contributed by atoms with Crippen molar-refractivity contribution in [2.45, 2.75) is 26.3 Å². The van der Waals surface area contributed by atoms with E-state index in [1.165, 1.54) is 11.3 Å². The minimum Gasteiger partial charge on any atom is -0.383 e. The Kier molecular flexibility index (Phi) is 5.77. The third-order valence-electron chi connectivity index (χ3n) is 3.22. The van der Waals surface area contributed by atoms with Crippen LogP contribution in [0.4, 0.5) is 0 Å². The van der Waals surface area contributed by atoms with Crippen LogP contribution in [0.5, 0.6) is 0 Å². The van der Waals surface area contributed by atoms with Crippen LogP contribution in [0, 0.1) is 0 Å². The third-order valence-corrected chi connectivity index (χ3v) is 3.22. The fraction of sp³-hybridized carbons (Fsp3) is 0.438.